The van der Waals surface area contributed by atoms with Crippen molar-refractivity contribution in [2.75, 3.05) is 10.6 Å². The number of aryl methyl sites for hydroxylation is 2. The zero-order chi connectivity index (χ0) is 19.0. The highest BCUT2D eigenvalue weighted by atomic mass is 35.5. The number of anilines is 2. The molecule has 0 aliphatic rings. The van der Waals surface area contributed by atoms with E-state index in [4.69, 9.17) is 11.6 Å². The Hall–Kier alpha value is -3.05. The number of hydrogen-bond acceptors (Lipinski definition) is 2. The molecule has 0 radical (unpaired) electrons. The molecule has 0 fully saturated rings. The standard InChI is InChI=1S/C21H19ClN4O/c1-3-26-19-9-8-16(12-18(19)17-10-11-23-13(2)20(17)26)25-21(27)24-15-6-4-14(22)5-7-15/h4-12H,3H2,1-2H3,(H2,24,25,27). The van der Waals surface area contributed by atoms with Gasteiger partial charge in [-0.2, -0.15) is 0 Å². The molecule has 2 aromatic carbocycles. The first-order valence-electron chi connectivity index (χ1n) is 8.78. The molecule has 0 aliphatic carbocycles. The number of hydrogen-bond donors (Lipinski definition) is 2. The van der Waals surface area contributed by atoms with Crippen LogP contribution >= 0.6 is 11.6 Å². The molecule has 0 unspecified atom stereocenters. The minimum absolute atomic E-state index is 0.297. The van der Waals surface area contributed by atoms with Crippen LogP contribution in [-0.2, 0) is 6.54 Å². The first-order valence-corrected chi connectivity index (χ1v) is 9.15. The highest BCUT2D eigenvalue weighted by Gasteiger charge is 2.13. The fourth-order valence-electron chi connectivity index (χ4n) is 3.46. The van der Waals surface area contributed by atoms with E-state index < -0.39 is 0 Å². The Kier molecular flexibility index (Phi) is 4.46. The lowest BCUT2D eigenvalue weighted by Gasteiger charge is -2.08. The van der Waals surface area contributed by atoms with E-state index in [1.165, 1.54) is 0 Å². The van der Waals surface area contributed by atoms with Gasteiger partial charge in [0, 0.05) is 45.4 Å². The van der Waals surface area contributed by atoms with Crippen LogP contribution in [0.5, 0.6) is 0 Å². The SMILES string of the molecule is CCn1c2ccc(NC(=O)Nc3ccc(Cl)cc3)cc2c2ccnc(C)c21. The van der Waals surface area contributed by atoms with Gasteiger partial charge in [0.1, 0.15) is 0 Å². The van der Waals surface area contributed by atoms with E-state index >= 15 is 0 Å². The van der Waals surface area contributed by atoms with E-state index in [1.807, 2.05) is 37.4 Å². The van der Waals surface area contributed by atoms with Gasteiger partial charge in [-0.15, -0.1) is 0 Å². The first kappa shape index (κ1) is 17.4. The average Bonchev–Trinajstić information content (AvgIpc) is 2.98. The second-order valence-corrected chi connectivity index (χ2v) is 6.79. The maximum absolute atomic E-state index is 12.3. The van der Waals surface area contributed by atoms with Crippen molar-refractivity contribution in [2.45, 2.75) is 20.4 Å². The molecule has 2 aromatic heterocycles. The summed E-state index contributed by atoms with van der Waals surface area (Å²) in [6, 6.07) is 14.7. The Balaban J connectivity index is 1.67. The molecular weight excluding hydrogens is 360 g/mol. The van der Waals surface area contributed by atoms with Crippen LogP contribution < -0.4 is 10.6 Å². The number of aromatic nitrogens is 2. The summed E-state index contributed by atoms with van der Waals surface area (Å²) in [5.74, 6) is 0. The van der Waals surface area contributed by atoms with Gasteiger partial charge in [-0.3, -0.25) is 4.98 Å². The van der Waals surface area contributed by atoms with Crippen LogP contribution in [0.15, 0.2) is 54.7 Å². The number of urea groups is 1. The normalized spacial score (nSPS) is 11.1. The molecule has 4 aromatic rings. The molecule has 2 N–H and O–H groups in total. The second kappa shape index (κ2) is 6.93. The Morgan fingerprint density at radius 3 is 2.48 bits per heavy atom. The van der Waals surface area contributed by atoms with Gasteiger partial charge < -0.3 is 15.2 Å². The Bertz CT molecular complexity index is 1150. The summed E-state index contributed by atoms with van der Waals surface area (Å²) in [6.45, 7) is 5.00. The molecule has 27 heavy (non-hydrogen) atoms. The van der Waals surface area contributed by atoms with E-state index in [-0.39, 0.29) is 6.03 Å². The van der Waals surface area contributed by atoms with E-state index in [0.29, 0.717) is 10.7 Å². The zero-order valence-electron chi connectivity index (χ0n) is 15.1. The van der Waals surface area contributed by atoms with Gasteiger partial charge >= 0.3 is 6.03 Å². The summed E-state index contributed by atoms with van der Waals surface area (Å²) in [6.07, 6.45) is 1.82. The quantitative estimate of drug-likeness (QED) is 0.472. The predicted octanol–water partition coefficient (Wildman–Crippen LogP) is 5.82. The largest absolute Gasteiger partial charge is 0.339 e. The van der Waals surface area contributed by atoms with Crippen molar-refractivity contribution in [1.82, 2.24) is 9.55 Å². The van der Waals surface area contributed by atoms with Gasteiger partial charge in [-0.1, -0.05) is 11.6 Å². The lowest BCUT2D eigenvalue weighted by molar-refractivity contribution is 0.262. The molecule has 0 atom stereocenters. The summed E-state index contributed by atoms with van der Waals surface area (Å²) in [7, 11) is 0. The lowest BCUT2D eigenvalue weighted by Crippen LogP contribution is -2.19. The lowest BCUT2D eigenvalue weighted by atomic mass is 10.1. The summed E-state index contributed by atoms with van der Waals surface area (Å²) >= 11 is 5.87. The summed E-state index contributed by atoms with van der Waals surface area (Å²) < 4.78 is 2.25. The van der Waals surface area contributed by atoms with Crippen LogP contribution in [0, 0.1) is 6.92 Å². The van der Waals surface area contributed by atoms with Crippen molar-refractivity contribution in [2.24, 2.45) is 0 Å². The molecule has 6 heteroatoms. The Labute approximate surface area is 162 Å². The van der Waals surface area contributed by atoms with Gasteiger partial charge in [0.2, 0.25) is 0 Å². The fourth-order valence-corrected chi connectivity index (χ4v) is 3.58. The van der Waals surface area contributed by atoms with Crippen LogP contribution in [-0.4, -0.2) is 15.6 Å². The molecule has 0 bridgehead atoms. The monoisotopic (exact) mass is 378 g/mol. The van der Waals surface area contributed by atoms with Crippen molar-refractivity contribution in [3.8, 4) is 0 Å². The van der Waals surface area contributed by atoms with Crippen LogP contribution in [0.4, 0.5) is 16.2 Å². The summed E-state index contributed by atoms with van der Waals surface area (Å²) in [4.78, 5) is 16.7. The zero-order valence-corrected chi connectivity index (χ0v) is 15.8. The van der Waals surface area contributed by atoms with Gasteiger partial charge in [0.05, 0.1) is 11.2 Å². The van der Waals surface area contributed by atoms with Crippen molar-refractivity contribution in [1.29, 1.82) is 0 Å². The molecular formula is C21H19ClN4O. The third-order valence-electron chi connectivity index (χ3n) is 4.63. The van der Waals surface area contributed by atoms with Gasteiger partial charge in [0.15, 0.2) is 0 Å². The van der Waals surface area contributed by atoms with Crippen LogP contribution in [0.1, 0.15) is 12.6 Å². The number of benzene rings is 2. The number of carbonyl (C=O) groups excluding carboxylic acids is 1. The molecule has 0 aliphatic heterocycles. The third-order valence-corrected chi connectivity index (χ3v) is 4.88. The number of nitrogens with zero attached hydrogens (tertiary/aromatic N) is 2. The molecule has 4 rings (SSSR count). The number of pyridine rings is 1. The summed E-state index contributed by atoms with van der Waals surface area (Å²) in [5.41, 5.74) is 4.69. The van der Waals surface area contributed by atoms with E-state index in [1.54, 1.807) is 24.3 Å². The van der Waals surface area contributed by atoms with Crippen molar-refractivity contribution < 1.29 is 4.79 Å². The average molecular weight is 379 g/mol. The minimum Gasteiger partial charge on any atom is -0.339 e. The highest BCUT2D eigenvalue weighted by molar-refractivity contribution is 6.30. The molecule has 5 nitrogen and oxygen atoms in total. The molecule has 0 saturated heterocycles. The highest BCUT2D eigenvalue weighted by Crippen LogP contribution is 2.32. The number of carbonyl (C=O) groups is 1. The van der Waals surface area contributed by atoms with E-state index in [0.717, 1.165) is 39.7 Å². The number of fused-ring (bicyclic) bond motifs is 3. The third kappa shape index (κ3) is 3.22. The van der Waals surface area contributed by atoms with Gasteiger partial charge in [0.25, 0.3) is 0 Å². The van der Waals surface area contributed by atoms with Crippen LogP contribution in [0.2, 0.25) is 5.02 Å². The topological polar surface area (TPSA) is 59.0 Å². The fraction of sp³-hybridized carbons (Fsp3) is 0.143. The summed E-state index contributed by atoms with van der Waals surface area (Å²) in [5, 5.41) is 8.57. The molecule has 0 spiro atoms. The number of nitrogens with one attached hydrogen (secondary N) is 2. The minimum atomic E-state index is -0.297. The second-order valence-electron chi connectivity index (χ2n) is 6.35. The Morgan fingerprint density at radius 2 is 1.74 bits per heavy atom. The first-order chi connectivity index (χ1) is 13.1. The van der Waals surface area contributed by atoms with Crippen LogP contribution in [0.3, 0.4) is 0 Å². The van der Waals surface area contributed by atoms with E-state index in [2.05, 4.69) is 27.1 Å². The van der Waals surface area contributed by atoms with Crippen molar-refractivity contribution >= 4 is 50.8 Å². The molecule has 2 amide bonds. The number of halogens is 1. The smallest absolute Gasteiger partial charge is 0.323 e. The molecule has 136 valence electrons. The van der Waals surface area contributed by atoms with E-state index in [9.17, 15) is 4.79 Å². The van der Waals surface area contributed by atoms with Gasteiger partial charge in [-0.05, 0) is 62.4 Å². The van der Waals surface area contributed by atoms with Crippen molar-refractivity contribution in [3.05, 3.63) is 65.4 Å². The van der Waals surface area contributed by atoms with Crippen LogP contribution in [0.25, 0.3) is 21.8 Å². The number of amides is 2. The van der Waals surface area contributed by atoms with Crippen molar-refractivity contribution in [3.63, 3.8) is 0 Å². The molecule has 2 heterocycles. The predicted molar refractivity (Wildman–Crippen MR) is 112 cm³/mol. The number of rotatable bonds is 3. The molecule has 0 saturated carbocycles. The van der Waals surface area contributed by atoms with Gasteiger partial charge in [-0.25, -0.2) is 4.79 Å². The maximum Gasteiger partial charge on any atom is 0.323 e. The maximum atomic E-state index is 12.3. The Morgan fingerprint density at radius 1 is 1.04 bits per heavy atom.